The molecule has 1 aromatic heterocycles. The number of rotatable bonds is 4. The third kappa shape index (κ3) is 3.26. The molecule has 1 N–H and O–H groups in total. The van der Waals surface area contributed by atoms with Gasteiger partial charge >= 0.3 is 0 Å². The standard InChI is InChI=1S/C15H16BrNO2/c1-3-10-9-11(16)5-7-13(10)17-15(18)14-8-6-12(4-2)19-14/h5-9H,3-4H2,1-2H3,(H,17,18). The summed E-state index contributed by atoms with van der Waals surface area (Å²) in [4.78, 5) is 12.1. The van der Waals surface area contributed by atoms with Crippen molar-refractivity contribution in [3.05, 3.63) is 51.9 Å². The Bertz CT molecular complexity index is 590. The van der Waals surface area contributed by atoms with Crippen LogP contribution in [0.25, 0.3) is 0 Å². The van der Waals surface area contributed by atoms with Crippen molar-refractivity contribution >= 4 is 27.5 Å². The van der Waals surface area contributed by atoms with Gasteiger partial charge in [0.15, 0.2) is 5.76 Å². The fourth-order valence-electron chi connectivity index (χ4n) is 1.85. The first-order chi connectivity index (χ1) is 9.13. The Morgan fingerprint density at radius 1 is 1.21 bits per heavy atom. The number of halogens is 1. The predicted molar refractivity (Wildman–Crippen MR) is 79.6 cm³/mol. The number of benzene rings is 1. The van der Waals surface area contributed by atoms with Gasteiger partial charge in [-0.15, -0.1) is 0 Å². The molecule has 0 saturated heterocycles. The van der Waals surface area contributed by atoms with Crippen LogP contribution in [0.3, 0.4) is 0 Å². The Kier molecular flexibility index (Phi) is 4.43. The SMILES string of the molecule is CCc1ccc(C(=O)Nc2ccc(Br)cc2CC)o1. The zero-order chi connectivity index (χ0) is 13.8. The predicted octanol–water partition coefficient (Wildman–Crippen LogP) is 4.42. The summed E-state index contributed by atoms with van der Waals surface area (Å²) in [6, 6.07) is 9.35. The van der Waals surface area contributed by atoms with E-state index in [0.29, 0.717) is 5.76 Å². The second-order valence-corrected chi connectivity index (χ2v) is 5.14. The van der Waals surface area contributed by atoms with Crippen molar-refractivity contribution in [2.45, 2.75) is 26.7 Å². The number of aryl methyl sites for hydroxylation is 2. The van der Waals surface area contributed by atoms with Gasteiger partial charge in [-0.2, -0.15) is 0 Å². The first kappa shape index (κ1) is 13.9. The molecule has 0 atom stereocenters. The fourth-order valence-corrected chi connectivity index (χ4v) is 2.26. The lowest BCUT2D eigenvalue weighted by molar-refractivity contribution is 0.0995. The Labute approximate surface area is 121 Å². The van der Waals surface area contributed by atoms with Crippen molar-refractivity contribution in [1.82, 2.24) is 0 Å². The minimum absolute atomic E-state index is 0.211. The topological polar surface area (TPSA) is 42.2 Å². The van der Waals surface area contributed by atoms with Crippen LogP contribution in [0.5, 0.6) is 0 Å². The van der Waals surface area contributed by atoms with Crippen molar-refractivity contribution < 1.29 is 9.21 Å². The van der Waals surface area contributed by atoms with Crippen LogP contribution in [0, 0.1) is 0 Å². The molecule has 4 heteroatoms. The van der Waals surface area contributed by atoms with E-state index >= 15 is 0 Å². The van der Waals surface area contributed by atoms with Crippen LogP contribution in [-0.2, 0) is 12.8 Å². The molecular formula is C15H16BrNO2. The third-order valence-electron chi connectivity index (χ3n) is 2.93. The quantitative estimate of drug-likeness (QED) is 0.905. The van der Waals surface area contributed by atoms with E-state index in [1.807, 2.05) is 31.2 Å². The number of carbonyl (C=O) groups is 1. The molecule has 0 aliphatic heterocycles. The van der Waals surface area contributed by atoms with Crippen molar-refractivity contribution in [2.75, 3.05) is 5.32 Å². The van der Waals surface area contributed by atoms with Crippen molar-refractivity contribution in [3.8, 4) is 0 Å². The summed E-state index contributed by atoms with van der Waals surface area (Å²) in [6.45, 7) is 4.05. The summed E-state index contributed by atoms with van der Waals surface area (Å²) in [5, 5.41) is 2.89. The number of hydrogen-bond donors (Lipinski definition) is 1. The molecule has 0 fully saturated rings. The van der Waals surface area contributed by atoms with Crippen molar-refractivity contribution in [3.63, 3.8) is 0 Å². The Morgan fingerprint density at radius 2 is 2.00 bits per heavy atom. The molecule has 0 aliphatic rings. The molecule has 1 aromatic carbocycles. The maximum Gasteiger partial charge on any atom is 0.291 e. The highest BCUT2D eigenvalue weighted by Crippen LogP contribution is 2.22. The first-order valence-electron chi connectivity index (χ1n) is 6.32. The van der Waals surface area contributed by atoms with Crippen LogP contribution >= 0.6 is 15.9 Å². The van der Waals surface area contributed by atoms with E-state index in [2.05, 4.69) is 28.2 Å². The molecule has 0 spiro atoms. The summed E-state index contributed by atoms with van der Waals surface area (Å²) in [7, 11) is 0. The molecule has 2 aromatic rings. The summed E-state index contributed by atoms with van der Waals surface area (Å²) >= 11 is 3.43. The van der Waals surface area contributed by atoms with Crippen molar-refractivity contribution in [2.24, 2.45) is 0 Å². The number of furan rings is 1. The second-order valence-electron chi connectivity index (χ2n) is 4.23. The molecule has 3 nitrogen and oxygen atoms in total. The molecule has 0 unspecified atom stereocenters. The van der Waals surface area contributed by atoms with E-state index in [1.165, 1.54) is 0 Å². The Balaban J connectivity index is 2.18. The maximum absolute atomic E-state index is 12.1. The summed E-state index contributed by atoms with van der Waals surface area (Å²) < 4.78 is 6.45. The number of hydrogen-bond acceptors (Lipinski definition) is 2. The smallest absolute Gasteiger partial charge is 0.291 e. The molecule has 1 amide bonds. The summed E-state index contributed by atoms with van der Waals surface area (Å²) in [5.41, 5.74) is 1.91. The number of amides is 1. The monoisotopic (exact) mass is 321 g/mol. The average Bonchev–Trinajstić information content (AvgIpc) is 2.89. The van der Waals surface area contributed by atoms with Gasteiger partial charge < -0.3 is 9.73 Å². The van der Waals surface area contributed by atoms with Crippen LogP contribution in [0.1, 0.15) is 35.7 Å². The second kappa shape index (κ2) is 6.06. The lowest BCUT2D eigenvalue weighted by Gasteiger charge is -2.09. The lowest BCUT2D eigenvalue weighted by atomic mass is 10.1. The molecule has 19 heavy (non-hydrogen) atoms. The zero-order valence-electron chi connectivity index (χ0n) is 11.0. The van der Waals surface area contributed by atoms with E-state index in [0.717, 1.165) is 34.3 Å². The largest absolute Gasteiger partial charge is 0.456 e. The first-order valence-corrected chi connectivity index (χ1v) is 7.11. The molecule has 0 saturated carbocycles. The highest BCUT2D eigenvalue weighted by Gasteiger charge is 2.12. The third-order valence-corrected chi connectivity index (χ3v) is 3.42. The van der Waals surface area contributed by atoms with Crippen molar-refractivity contribution in [1.29, 1.82) is 0 Å². The Morgan fingerprint density at radius 3 is 2.63 bits per heavy atom. The summed E-state index contributed by atoms with van der Waals surface area (Å²) in [6.07, 6.45) is 1.64. The van der Waals surface area contributed by atoms with Gasteiger partial charge in [0.05, 0.1) is 0 Å². The molecular weight excluding hydrogens is 306 g/mol. The number of carbonyl (C=O) groups excluding carboxylic acids is 1. The van der Waals surface area contributed by atoms with Crippen LogP contribution in [0.4, 0.5) is 5.69 Å². The van der Waals surface area contributed by atoms with Crippen LogP contribution < -0.4 is 5.32 Å². The van der Waals surface area contributed by atoms with Gasteiger partial charge in [-0.05, 0) is 42.3 Å². The van der Waals surface area contributed by atoms with E-state index in [-0.39, 0.29) is 5.91 Å². The highest BCUT2D eigenvalue weighted by molar-refractivity contribution is 9.10. The summed E-state index contributed by atoms with van der Waals surface area (Å²) in [5.74, 6) is 0.954. The highest BCUT2D eigenvalue weighted by atomic mass is 79.9. The van der Waals surface area contributed by atoms with Gasteiger partial charge in [-0.3, -0.25) is 4.79 Å². The van der Waals surface area contributed by atoms with E-state index in [1.54, 1.807) is 6.07 Å². The van der Waals surface area contributed by atoms with Crippen LogP contribution in [0.15, 0.2) is 39.2 Å². The number of nitrogens with one attached hydrogen (secondary N) is 1. The fraction of sp³-hybridized carbons (Fsp3) is 0.267. The molecule has 2 rings (SSSR count). The van der Waals surface area contributed by atoms with Gasteiger partial charge in [-0.1, -0.05) is 29.8 Å². The van der Waals surface area contributed by atoms with Gasteiger partial charge in [0.25, 0.3) is 5.91 Å². The normalized spacial score (nSPS) is 10.5. The molecule has 0 aliphatic carbocycles. The zero-order valence-corrected chi connectivity index (χ0v) is 12.6. The Hall–Kier alpha value is -1.55. The van der Waals surface area contributed by atoms with Gasteiger partial charge in [0.2, 0.25) is 0 Å². The maximum atomic E-state index is 12.1. The van der Waals surface area contributed by atoms with Gasteiger partial charge in [0.1, 0.15) is 5.76 Å². The van der Waals surface area contributed by atoms with Gasteiger partial charge in [-0.25, -0.2) is 0 Å². The lowest BCUT2D eigenvalue weighted by Crippen LogP contribution is -2.12. The molecule has 100 valence electrons. The molecule has 1 heterocycles. The molecule has 0 bridgehead atoms. The van der Waals surface area contributed by atoms with E-state index < -0.39 is 0 Å². The van der Waals surface area contributed by atoms with Gasteiger partial charge in [0, 0.05) is 16.6 Å². The number of anilines is 1. The van der Waals surface area contributed by atoms with E-state index in [4.69, 9.17) is 4.42 Å². The van der Waals surface area contributed by atoms with Crippen LogP contribution in [-0.4, -0.2) is 5.91 Å². The minimum Gasteiger partial charge on any atom is -0.456 e. The van der Waals surface area contributed by atoms with Crippen LogP contribution in [0.2, 0.25) is 0 Å². The van der Waals surface area contributed by atoms with E-state index in [9.17, 15) is 4.79 Å². The molecule has 0 radical (unpaired) electrons. The minimum atomic E-state index is -0.211. The average molecular weight is 322 g/mol.